The minimum Gasteiger partial charge on any atom is -0.353 e. The molecule has 4 saturated carbocycles. The van der Waals surface area contributed by atoms with Crippen LogP contribution in [0.3, 0.4) is 0 Å². The number of nitrogens with one attached hydrogen (secondary N) is 1. The smallest absolute Gasteiger partial charge is 0.252 e. The number of halogens is 2. The van der Waals surface area contributed by atoms with Crippen molar-refractivity contribution in [3.05, 3.63) is 0 Å². The average Bonchev–Trinajstić information content (AvgIpc) is 2.94. The number of alkyl halides is 2. The first-order chi connectivity index (χ1) is 6.96. The average molecular weight is 215 g/mol. The van der Waals surface area contributed by atoms with Crippen LogP contribution >= 0.6 is 0 Å². The summed E-state index contributed by atoms with van der Waals surface area (Å²) in [6.45, 7) is 3.89. The number of fused-ring (bicyclic) bond motifs is 1. The molecular weight excluding hydrogens is 200 g/mol. The third-order valence-corrected chi connectivity index (χ3v) is 4.58. The van der Waals surface area contributed by atoms with E-state index in [0.29, 0.717) is 0 Å². The molecular formula is C11H15F2NO. The van der Waals surface area contributed by atoms with Gasteiger partial charge in [-0.05, 0) is 25.2 Å². The van der Waals surface area contributed by atoms with Gasteiger partial charge in [0.2, 0.25) is 5.91 Å². The van der Waals surface area contributed by atoms with Gasteiger partial charge in [-0.1, -0.05) is 6.92 Å². The highest BCUT2D eigenvalue weighted by Crippen LogP contribution is 2.94. The van der Waals surface area contributed by atoms with Crippen LogP contribution in [0, 0.1) is 23.2 Å². The predicted octanol–water partition coefficient (Wildman–Crippen LogP) is 1.80. The zero-order valence-electron chi connectivity index (χ0n) is 8.89. The van der Waals surface area contributed by atoms with Gasteiger partial charge < -0.3 is 5.32 Å². The van der Waals surface area contributed by atoms with Crippen LogP contribution in [0.4, 0.5) is 8.78 Å². The lowest BCUT2D eigenvalue weighted by Crippen LogP contribution is -2.37. The molecule has 1 N–H and O–H groups in total. The number of amides is 1. The molecule has 4 aliphatic rings. The van der Waals surface area contributed by atoms with E-state index in [9.17, 15) is 13.6 Å². The molecule has 2 nitrogen and oxygen atoms in total. The normalized spacial score (nSPS) is 49.5. The molecule has 5 atom stereocenters. The van der Waals surface area contributed by atoms with Crippen LogP contribution in [0.2, 0.25) is 0 Å². The minimum atomic E-state index is -2.57. The molecule has 0 aromatic carbocycles. The number of carbonyl (C=O) groups excluding carboxylic acids is 1. The van der Waals surface area contributed by atoms with E-state index in [4.69, 9.17) is 0 Å². The third kappa shape index (κ3) is 0.871. The molecule has 0 spiro atoms. The summed E-state index contributed by atoms with van der Waals surface area (Å²) in [5.41, 5.74) is -0.632. The van der Waals surface area contributed by atoms with Crippen LogP contribution in [-0.4, -0.2) is 17.9 Å². The molecule has 0 aromatic heterocycles. The molecule has 84 valence electrons. The Morgan fingerprint density at radius 3 is 2.67 bits per heavy atom. The van der Waals surface area contributed by atoms with E-state index in [-0.39, 0.29) is 30.2 Å². The highest BCUT2D eigenvalue weighted by Gasteiger charge is 3.00. The fraction of sp³-hybridized carbons (Fsp3) is 0.909. The van der Waals surface area contributed by atoms with Gasteiger partial charge in [-0.15, -0.1) is 0 Å². The summed E-state index contributed by atoms with van der Waals surface area (Å²) in [6.07, 6.45) is 0.786. The van der Waals surface area contributed by atoms with Crippen LogP contribution in [-0.2, 0) is 4.79 Å². The number of rotatable bonds is 3. The SMILES string of the molecule is CC[C@@H](C)NC(=O)[C@@]12C3[C@H]1[C@H]2CC3(F)F. The molecule has 4 heteroatoms. The van der Waals surface area contributed by atoms with Crippen molar-refractivity contribution in [3.8, 4) is 0 Å². The molecule has 15 heavy (non-hydrogen) atoms. The molecule has 4 aliphatic carbocycles. The molecule has 0 radical (unpaired) electrons. The first-order valence-electron chi connectivity index (χ1n) is 5.65. The fourth-order valence-electron chi connectivity index (χ4n) is 3.53. The molecule has 4 rings (SSSR count). The van der Waals surface area contributed by atoms with Gasteiger partial charge >= 0.3 is 0 Å². The third-order valence-electron chi connectivity index (χ3n) is 4.58. The quantitative estimate of drug-likeness (QED) is 0.764. The van der Waals surface area contributed by atoms with E-state index in [2.05, 4.69) is 5.32 Å². The number of carbonyl (C=O) groups is 1. The summed E-state index contributed by atoms with van der Waals surface area (Å²) in [5, 5.41) is 2.84. The van der Waals surface area contributed by atoms with Crippen molar-refractivity contribution in [2.45, 2.75) is 38.7 Å². The van der Waals surface area contributed by atoms with Crippen LogP contribution in [0.25, 0.3) is 0 Å². The Labute approximate surface area is 87.4 Å². The largest absolute Gasteiger partial charge is 0.353 e. The maximum atomic E-state index is 13.2. The van der Waals surface area contributed by atoms with E-state index < -0.39 is 17.3 Å². The Balaban J connectivity index is 1.71. The van der Waals surface area contributed by atoms with E-state index in [1.165, 1.54) is 0 Å². The van der Waals surface area contributed by atoms with Crippen molar-refractivity contribution >= 4 is 5.91 Å². The Hall–Kier alpha value is -0.670. The van der Waals surface area contributed by atoms with Crippen LogP contribution in [0.5, 0.6) is 0 Å². The van der Waals surface area contributed by atoms with Crippen molar-refractivity contribution < 1.29 is 13.6 Å². The second-order valence-corrected chi connectivity index (χ2v) is 5.29. The molecule has 1 unspecified atom stereocenters. The summed E-state index contributed by atoms with van der Waals surface area (Å²) in [4.78, 5) is 11.8. The van der Waals surface area contributed by atoms with Gasteiger partial charge in [0.25, 0.3) is 5.92 Å². The maximum absolute atomic E-state index is 13.2. The van der Waals surface area contributed by atoms with Crippen LogP contribution in [0.1, 0.15) is 26.7 Å². The lowest BCUT2D eigenvalue weighted by molar-refractivity contribution is -0.126. The fourth-order valence-corrected chi connectivity index (χ4v) is 3.53. The summed E-state index contributed by atoms with van der Waals surface area (Å²) < 4.78 is 26.5. The van der Waals surface area contributed by atoms with Crippen molar-refractivity contribution in [2.75, 3.05) is 0 Å². The summed E-state index contributed by atoms with van der Waals surface area (Å²) in [7, 11) is 0. The second-order valence-electron chi connectivity index (χ2n) is 5.29. The van der Waals surface area contributed by atoms with Gasteiger partial charge in [-0.2, -0.15) is 0 Å². The lowest BCUT2D eigenvalue weighted by Gasteiger charge is -2.15. The molecule has 0 saturated heterocycles. The van der Waals surface area contributed by atoms with Crippen molar-refractivity contribution in [1.29, 1.82) is 0 Å². The standard InChI is InChI=1S/C11H15F2NO/c1-3-5(2)14-9(15)11-6-4-10(12,13)8(11)7(6)11/h5-8H,3-4H2,1-2H3,(H,14,15)/t5-,6-,7-,8?,11-/m1/s1. The van der Waals surface area contributed by atoms with Crippen LogP contribution in [0.15, 0.2) is 0 Å². The molecule has 4 fully saturated rings. The lowest BCUT2D eigenvalue weighted by atomic mass is 10.0. The van der Waals surface area contributed by atoms with E-state index in [0.717, 1.165) is 6.42 Å². The van der Waals surface area contributed by atoms with Gasteiger partial charge in [0, 0.05) is 18.4 Å². The predicted molar refractivity (Wildman–Crippen MR) is 50.4 cm³/mol. The van der Waals surface area contributed by atoms with E-state index in [1.807, 2.05) is 13.8 Å². The van der Waals surface area contributed by atoms with Gasteiger partial charge in [-0.25, -0.2) is 8.78 Å². The molecule has 0 aliphatic heterocycles. The summed E-state index contributed by atoms with van der Waals surface area (Å²) in [6, 6.07) is 0.0988. The van der Waals surface area contributed by atoms with E-state index >= 15 is 0 Å². The van der Waals surface area contributed by atoms with Gasteiger partial charge in [0.15, 0.2) is 0 Å². The van der Waals surface area contributed by atoms with Crippen molar-refractivity contribution in [1.82, 2.24) is 5.32 Å². The van der Waals surface area contributed by atoms with Crippen molar-refractivity contribution in [2.24, 2.45) is 23.2 Å². The topological polar surface area (TPSA) is 29.1 Å². The molecule has 1 amide bonds. The summed E-state index contributed by atoms with van der Waals surface area (Å²) >= 11 is 0. The van der Waals surface area contributed by atoms with Gasteiger partial charge in [0.05, 0.1) is 5.41 Å². The zero-order chi connectivity index (χ0) is 11.0. The van der Waals surface area contributed by atoms with Crippen molar-refractivity contribution in [3.63, 3.8) is 0 Å². The first kappa shape index (κ1) is 9.55. The summed E-state index contributed by atoms with van der Waals surface area (Å²) in [5.74, 6) is -3.31. The van der Waals surface area contributed by atoms with Gasteiger partial charge in [-0.3, -0.25) is 4.79 Å². The van der Waals surface area contributed by atoms with Crippen LogP contribution < -0.4 is 5.32 Å². The highest BCUT2D eigenvalue weighted by molar-refractivity contribution is 5.93. The Morgan fingerprint density at radius 1 is 1.60 bits per heavy atom. The highest BCUT2D eigenvalue weighted by atomic mass is 19.3. The monoisotopic (exact) mass is 215 g/mol. The second kappa shape index (κ2) is 2.36. The zero-order valence-corrected chi connectivity index (χ0v) is 8.89. The van der Waals surface area contributed by atoms with Gasteiger partial charge in [0.1, 0.15) is 0 Å². The Kier molecular flexibility index (Phi) is 1.50. The molecule has 0 heterocycles. The minimum absolute atomic E-state index is 0.0107. The maximum Gasteiger partial charge on any atom is 0.252 e. The number of hydrogen-bond acceptors (Lipinski definition) is 1. The Morgan fingerprint density at radius 2 is 2.27 bits per heavy atom. The number of hydrogen-bond donors (Lipinski definition) is 1. The Bertz CT molecular complexity index is 337. The molecule has 2 bridgehead atoms. The first-order valence-corrected chi connectivity index (χ1v) is 5.65. The molecule has 0 aromatic rings. The van der Waals surface area contributed by atoms with E-state index in [1.54, 1.807) is 0 Å².